The minimum absolute atomic E-state index is 0.00319. The van der Waals surface area contributed by atoms with Gasteiger partial charge in [-0.25, -0.2) is 4.79 Å². The van der Waals surface area contributed by atoms with Crippen LogP contribution < -0.4 is 10.5 Å². The molecule has 1 fully saturated rings. The van der Waals surface area contributed by atoms with Crippen LogP contribution in [0.2, 0.25) is 0 Å². The molecular weight excluding hydrogens is 406 g/mol. The van der Waals surface area contributed by atoms with Crippen molar-refractivity contribution >= 4 is 45.1 Å². The predicted molar refractivity (Wildman–Crippen MR) is 117 cm³/mol. The van der Waals surface area contributed by atoms with Crippen LogP contribution in [0.15, 0.2) is 31.8 Å². The fraction of sp³-hybridized carbons (Fsp3) is 0.429. The second kappa shape index (κ2) is 7.91. The third-order valence-electron chi connectivity index (χ3n) is 5.04. The average molecular weight is 430 g/mol. The zero-order valence-electron chi connectivity index (χ0n) is 16.9. The Hall–Kier alpha value is -2.19. The lowest BCUT2D eigenvalue weighted by Crippen LogP contribution is -2.30. The van der Waals surface area contributed by atoms with Crippen molar-refractivity contribution in [2.24, 2.45) is 0 Å². The van der Waals surface area contributed by atoms with E-state index in [1.165, 1.54) is 28.7 Å². The van der Waals surface area contributed by atoms with Gasteiger partial charge in [-0.15, -0.1) is 10.2 Å². The second-order valence-corrected chi connectivity index (χ2v) is 9.89. The molecule has 0 atom stereocenters. The van der Waals surface area contributed by atoms with Crippen LogP contribution in [-0.4, -0.2) is 22.1 Å². The normalized spacial score (nSPS) is 14.0. The summed E-state index contributed by atoms with van der Waals surface area (Å²) in [5.74, 6) is 0.974. The number of amides is 1. The van der Waals surface area contributed by atoms with Gasteiger partial charge in [0, 0.05) is 30.2 Å². The van der Waals surface area contributed by atoms with Gasteiger partial charge in [0.05, 0.1) is 0 Å². The van der Waals surface area contributed by atoms with E-state index < -0.39 is 0 Å². The number of rotatable bonds is 6. The van der Waals surface area contributed by atoms with E-state index in [1.807, 2.05) is 13.0 Å². The Morgan fingerprint density at radius 3 is 2.72 bits per heavy atom. The first-order valence-corrected chi connectivity index (χ1v) is 11.5. The summed E-state index contributed by atoms with van der Waals surface area (Å²) in [5.41, 5.74) is 3.56. The highest BCUT2D eigenvalue weighted by molar-refractivity contribution is 8.00. The van der Waals surface area contributed by atoms with E-state index in [-0.39, 0.29) is 17.6 Å². The molecule has 6 nitrogen and oxygen atoms in total. The molecular formula is C21H23N3O3S2. The monoisotopic (exact) mass is 429 g/mol. The van der Waals surface area contributed by atoms with E-state index in [2.05, 4.69) is 30.1 Å². The smallest absolute Gasteiger partial charge is 0.336 e. The highest BCUT2D eigenvalue weighted by Gasteiger charge is 2.34. The largest absolute Gasteiger partial charge is 0.423 e. The van der Waals surface area contributed by atoms with Crippen LogP contribution in [0, 0.1) is 6.92 Å². The molecule has 0 bridgehead atoms. The first-order valence-electron chi connectivity index (χ1n) is 9.67. The maximum absolute atomic E-state index is 12.1. The molecule has 0 spiro atoms. The summed E-state index contributed by atoms with van der Waals surface area (Å²) in [6, 6.07) is 5.90. The number of carbonyl (C=O) groups is 1. The summed E-state index contributed by atoms with van der Waals surface area (Å²) in [6.45, 7) is 7.92. The number of thioether (sulfide) groups is 1. The SMILES string of the molecule is CC(=O)N(c1nnc(SCc2cc(=O)oc3cc(C)c(C(C)C)cc23)s1)C1CC1. The van der Waals surface area contributed by atoms with Crippen LogP contribution in [0.1, 0.15) is 56.2 Å². The van der Waals surface area contributed by atoms with Gasteiger partial charge in [0.1, 0.15) is 5.58 Å². The average Bonchev–Trinajstić information content (AvgIpc) is 3.36. The van der Waals surface area contributed by atoms with E-state index in [0.717, 1.165) is 33.7 Å². The topological polar surface area (TPSA) is 76.3 Å². The molecule has 0 saturated heterocycles. The van der Waals surface area contributed by atoms with Gasteiger partial charge in [0.2, 0.25) is 11.0 Å². The van der Waals surface area contributed by atoms with Gasteiger partial charge in [-0.05, 0) is 54.5 Å². The molecule has 1 saturated carbocycles. The molecule has 1 aromatic carbocycles. The zero-order valence-corrected chi connectivity index (χ0v) is 18.5. The van der Waals surface area contributed by atoms with Gasteiger partial charge in [0.25, 0.3) is 0 Å². The summed E-state index contributed by atoms with van der Waals surface area (Å²) in [5, 5.41) is 10.1. The van der Waals surface area contributed by atoms with Gasteiger partial charge >= 0.3 is 5.63 Å². The van der Waals surface area contributed by atoms with Gasteiger partial charge in [-0.3, -0.25) is 9.69 Å². The van der Waals surface area contributed by atoms with Crippen LogP contribution in [-0.2, 0) is 10.5 Å². The Morgan fingerprint density at radius 2 is 2.07 bits per heavy atom. The summed E-state index contributed by atoms with van der Waals surface area (Å²) in [6.07, 6.45) is 2.04. The molecule has 3 aromatic rings. The maximum atomic E-state index is 12.1. The molecule has 0 N–H and O–H groups in total. The van der Waals surface area contributed by atoms with E-state index in [4.69, 9.17) is 4.42 Å². The summed E-state index contributed by atoms with van der Waals surface area (Å²) < 4.78 is 6.21. The highest BCUT2D eigenvalue weighted by Crippen LogP contribution is 2.37. The molecule has 1 amide bonds. The molecule has 1 aliphatic rings. The van der Waals surface area contributed by atoms with E-state index in [1.54, 1.807) is 17.9 Å². The first kappa shape index (κ1) is 20.1. The van der Waals surface area contributed by atoms with Crippen molar-refractivity contribution in [3.05, 3.63) is 45.3 Å². The second-order valence-electron chi connectivity index (χ2n) is 7.71. The number of nitrogens with zero attached hydrogens (tertiary/aromatic N) is 3. The van der Waals surface area contributed by atoms with Crippen LogP contribution in [0.5, 0.6) is 0 Å². The van der Waals surface area contributed by atoms with E-state index >= 15 is 0 Å². The number of aromatic nitrogens is 2. The molecule has 29 heavy (non-hydrogen) atoms. The number of hydrogen-bond acceptors (Lipinski definition) is 7. The molecule has 0 radical (unpaired) electrons. The first-order chi connectivity index (χ1) is 13.8. The van der Waals surface area contributed by atoms with Crippen LogP contribution in [0.4, 0.5) is 5.13 Å². The zero-order chi connectivity index (χ0) is 20.7. The van der Waals surface area contributed by atoms with Crippen molar-refractivity contribution in [3.63, 3.8) is 0 Å². The molecule has 0 aliphatic heterocycles. The van der Waals surface area contributed by atoms with Crippen LogP contribution >= 0.6 is 23.1 Å². The van der Waals surface area contributed by atoms with Gasteiger partial charge in [-0.2, -0.15) is 0 Å². The lowest BCUT2D eigenvalue weighted by molar-refractivity contribution is -0.116. The fourth-order valence-electron chi connectivity index (χ4n) is 3.51. The predicted octanol–water partition coefficient (Wildman–Crippen LogP) is 4.88. The van der Waals surface area contributed by atoms with Crippen LogP contribution in [0.3, 0.4) is 0 Å². The molecule has 2 aromatic heterocycles. The van der Waals surface area contributed by atoms with Crippen molar-refractivity contribution in [3.8, 4) is 0 Å². The Kier molecular flexibility index (Phi) is 5.48. The number of anilines is 1. The van der Waals surface area contributed by atoms with Crippen molar-refractivity contribution in [2.75, 3.05) is 4.90 Å². The number of aryl methyl sites for hydroxylation is 1. The quantitative estimate of drug-likeness (QED) is 0.316. The molecule has 152 valence electrons. The lowest BCUT2D eigenvalue weighted by Gasteiger charge is -2.15. The molecule has 4 rings (SSSR count). The van der Waals surface area contributed by atoms with E-state index in [9.17, 15) is 9.59 Å². The highest BCUT2D eigenvalue weighted by atomic mass is 32.2. The Morgan fingerprint density at radius 1 is 1.31 bits per heavy atom. The third kappa shape index (κ3) is 4.23. The fourth-order valence-corrected chi connectivity index (χ4v) is 5.46. The molecule has 1 aliphatic carbocycles. The minimum Gasteiger partial charge on any atom is -0.423 e. The van der Waals surface area contributed by atoms with E-state index in [0.29, 0.717) is 22.4 Å². The summed E-state index contributed by atoms with van der Waals surface area (Å²) >= 11 is 2.95. The number of carbonyl (C=O) groups excluding carboxylic acids is 1. The van der Waals surface area contributed by atoms with Crippen LogP contribution in [0.25, 0.3) is 11.0 Å². The molecule has 8 heteroatoms. The number of hydrogen-bond donors (Lipinski definition) is 0. The lowest BCUT2D eigenvalue weighted by atomic mass is 9.95. The summed E-state index contributed by atoms with van der Waals surface area (Å²) in [7, 11) is 0. The third-order valence-corrected chi connectivity index (χ3v) is 7.15. The standard InChI is InChI=1S/C21H23N3O3S2/c1-11(2)16-9-17-14(8-19(26)27-18(17)7-12(16)3)10-28-21-23-22-20(29-21)24(13(4)25)15-5-6-15/h7-9,11,15H,5-6,10H2,1-4H3. The van der Waals surface area contributed by atoms with Crippen molar-refractivity contribution in [1.29, 1.82) is 0 Å². The van der Waals surface area contributed by atoms with Crippen molar-refractivity contribution in [2.45, 2.75) is 62.6 Å². The van der Waals surface area contributed by atoms with Crippen molar-refractivity contribution in [1.82, 2.24) is 10.2 Å². The minimum atomic E-state index is -0.348. The Balaban J connectivity index is 1.61. The number of fused-ring (bicyclic) bond motifs is 1. The maximum Gasteiger partial charge on any atom is 0.336 e. The van der Waals surface area contributed by atoms with Gasteiger partial charge in [0.15, 0.2) is 4.34 Å². The Labute approximate surface area is 177 Å². The Bertz CT molecular complexity index is 1130. The van der Waals surface area contributed by atoms with Gasteiger partial charge < -0.3 is 4.42 Å². The number of benzene rings is 1. The van der Waals surface area contributed by atoms with Crippen molar-refractivity contribution < 1.29 is 9.21 Å². The molecule has 0 unspecified atom stereocenters. The summed E-state index contributed by atoms with van der Waals surface area (Å²) in [4.78, 5) is 25.7. The van der Waals surface area contributed by atoms with Gasteiger partial charge in [-0.1, -0.05) is 36.9 Å². The molecule has 2 heterocycles.